The Morgan fingerprint density at radius 3 is 2.40 bits per heavy atom. The molecule has 1 aliphatic heterocycles. The van der Waals surface area contributed by atoms with E-state index in [1.54, 1.807) is 21.6 Å². The third-order valence-corrected chi connectivity index (χ3v) is 8.17. The molecule has 1 atom stereocenters. The summed E-state index contributed by atoms with van der Waals surface area (Å²) in [5, 5.41) is 0.584. The standard InChI is InChI=1S/C32H30ClN3O3S/c1-4-35(5-2)31(38)28-21(3)34-32-36(29(28)23-15-17-25(33)18-16-23)30(37)27(40-32)19-24-13-9-10-14-26(24)39-20-22-11-7-6-8-12-22/h6-19,29H,4-5,20H2,1-3H3/b27-19+/t29-/m0/s1. The molecule has 0 radical (unpaired) electrons. The van der Waals surface area contributed by atoms with Gasteiger partial charge in [0.25, 0.3) is 11.5 Å². The molecule has 6 nitrogen and oxygen atoms in total. The van der Waals surface area contributed by atoms with Crippen molar-refractivity contribution in [3.05, 3.63) is 132 Å². The van der Waals surface area contributed by atoms with Gasteiger partial charge in [0.2, 0.25) is 0 Å². The number of aromatic nitrogens is 1. The molecular formula is C32H30ClN3O3S. The molecule has 1 aromatic heterocycles. The molecule has 2 heterocycles. The van der Waals surface area contributed by atoms with Gasteiger partial charge in [-0.05, 0) is 56.2 Å². The smallest absolute Gasteiger partial charge is 0.271 e. The summed E-state index contributed by atoms with van der Waals surface area (Å²) in [6.07, 6.45) is 1.84. The molecule has 1 aliphatic rings. The Morgan fingerprint density at radius 1 is 1.02 bits per heavy atom. The number of hydrogen-bond acceptors (Lipinski definition) is 5. The van der Waals surface area contributed by atoms with E-state index < -0.39 is 6.04 Å². The Kier molecular flexibility index (Phi) is 8.33. The highest BCUT2D eigenvalue weighted by molar-refractivity contribution is 7.07. The van der Waals surface area contributed by atoms with E-state index in [0.717, 1.165) is 16.7 Å². The van der Waals surface area contributed by atoms with Crippen molar-refractivity contribution in [2.24, 2.45) is 4.99 Å². The maximum Gasteiger partial charge on any atom is 0.271 e. The van der Waals surface area contributed by atoms with Crippen molar-refractivity contribution >= 4 is 34.9 Å². The molecule has 0 saturated heterocycles. The summed E-state index contributed by atoms with van der Waals surface area (Å²) in [6, 6.07) is 24.3. The number of rotatable bonds is 8. The first-order valence-electron chi connectivity index (χ1n) is 13.2. The van der Waals surface area contributed by atoms with Crippen molar-refractivity contribution < 1.29 is 9.53 Å². The van der Waals surface area contributed by atoms with Gasteiger partial charge >= 0.3 is 0 Å². The topological polar surface area (TPSA) is 63.9 Å². The van der Waals surface area contributed by atoms with Crippen LogP contribution >= 0.6 is 22.9 Å². The number of fused-ring (bicyclic) bond motifs is 1. The Labute approximate surface area is 242 Å². The first-order valence-corrected chi connectivity index (χ1v) is 14.4. The zero-order valence-corrected chi connectivity index (χ0v) is 24.2. The van der Waals surface area contributed by atoms with Crippen LogP contribution in [-0.2, 0) is 11.4 Å². The van der Waals surface area contributed by atoms with Gasteiger partial charge in [0, 0.05) is 23.7 Å². The highest BCUT2D eigenvalue weighted by atomic mass is 35.5. The molecule has 0 fully saturated rings. The van der Waals surface area contributed by atoms with E-state index in [1.165, 1.54) is 11.3 Å². The Balaban J connectivity index is 1.62. The summed E-state index contributed by atoms with van der Waals surface area (Å²) in [7, 11) is 0. The Hall–Kier alpha value is -3.94. The van der Waals surface area contributed by atoms with Crippen LogP contribution in [0.1, 0.15) is 43.5 Å². The Morgan fingerprint density at radius 2 is 1.70 bits per heavy atom. The number of thiazole rings is 1. The van der Waals surface area contributed by atoms with Gasteiger partial charge in [-0.1, -0.05) is 83.6 Å². The van der Waals surface area contributed by atoms with E-state index in [2.05, 4.69) is 0 Å². The fourth-order valence-corrected chi connectivity index (χ4v) is 6.01. The average molecular weight is 572 g/mol. The number of likely N-dealkylation sites (N-methyl/N-ethyl adjacent to an activating group) is 1. The molecule has 4 aromatic rings. The fraction of sp³-hybridized carbons (Fsp3) is 0.219. The number of halogens is 1. The SMILES string of the molecule is CCN(CC)C(=O)C1=C(C)N=c2s/c(=C/c3ccccc3OCc3ccccc3)c(=O)n2[C@H]1c1ccc(Cl)cc1. The highest BCUT2D eigenvalue weighted by Crippen LogP contribution is 2.32. The molecular weight excluding hydrogens is 542 g/mol. The van der Waals surface area contributed by atoms with E-state index in [1.807, 2.05) is 93.6 Å². The van der Waals surface area contributed by atoms with Crippen LogP contribution in [0.4, 0.5) is 0 Å². The molecule has 204 valence electrons. The van der Waals surface area contributed by atoms with Gasteiger partial charge in [-0.15, -0.1) is 0 Å². The van der Waals surface area contributed by atoms with Gasteiger partial charge in [-0.25, -0.2) is 4.99 Å². The van der Waals surface area contributed by atoms with Crippen LogP contribution in [-0.4, -0.2) is 28.5 Å². The summed E-state index contributed by atoms with van der Waals surface area (Å²) in [5.74, 6) is 0.556. The van der Waals surface area contributed by atoms with Crippen LogP contribution in [0.15, 0.2) is 99.9 Å². The number of nitrogens with zero attached hydrogens (tertiary/aromatic N) is 3. The van der Waals surface area contributed by atoms with E-state index in [9.17, 15) is 9.59 Å². The van der Waals surface area contributed by atoms with Crippen molar-refractivity contribution in [3.63, 3.8) is 0 Å². The van der Waals surface area contributed by atoms with Crippen molar-refractivity contribution in [1.29, 1.82) is 0 Å². The second-order valence-electron chi connectivity index (χ2n) is 9.42. The lowest BCUT2D eigenvalue weighted by atomic mass is 9.94. The lowest BCUT2D eigenvalue weighted by molar-refractivity contribution is -0.127. The van der Waals surface area contributed by atoms with Gasteiger partial charge in [0.1, 0.15) is 12.4 Å². The first kappa shape index (κ1) is 27.6. The summed E-state index contributed by atoms with van der Waals surface area (Å²) in [5.41, 5.74) is 3.54. The van der Waals surface area contributed by atoms with E-state index in [4.69, 9.17) is 21.3 Å². The van der Waals surface area contributed by atoms with E-state index >= 15 is 0 Å². The average Bonchev–Trinajstić information content (AvgIpc) is 3.27. The molecule has 40 heavy (non-hydrogen) atoms. The quantitative estimate of drug-likeness (QED) is 0.287. The van der Waals surface area contributed by atoms with Crippen LogP contribution in [0, 0.1) is 0 Å². The number of allylic oxidation sites excluding steroid dienone is 1. The normalized spacial score (nSPS) is 15.0. The number of carbonyl (C=O) groups excluding carboxylic acids is 1. The minimum Gasteiger partial charge on any atom is -0.488 e. The number of ether oxygens (including phenoxy) is 1. The predicted molar refractivity (Wildman–Crippen MR) is 160 cm³/mol. The number of amides is 1. The van der Waals surface area contributed by atoms with Crippen LogP contribution in [0.5, 0.6) is 5.75 Å². The molecule has 8 heteroatoms. The van der Waals surface area contributed by atoms with Gasteiger partial charge in [0.15, 0.2) is 4.80 Å². The van der Waals surface area contributed by atoms with Crippen molar-refractivity contribution in [3.8, 4) is 5.75 Å². The number of hydrogen-bond donors (Lipinski definition) is 0. The highest BCUT2D eigenvalue weighted by Gasteiger charge is 2.34. The maximum atomic E-state index is 14.0. The summed E-state index contributed by atoms with van der Waals surface area (Å²) < 4.78 is 8.27. The minimum atomic E-state index is -0.617. The molecule has 0 unspecified atom stereocenters. The lowest BCUT2D eigenvalue weighted by Gasteiger charge is -2.29. The molecule has 0 saturated carbocycles. The fourth-order valence-electron chi connectivity index (χ4n) is 4.84. The van der Waals surface area contributed by atoms with Crippen LogP contribution in [0.3, 0.4) is 0 Å². The van der Waals surface area contributed by atoms with Gasteiger partial charge in [0.05, 0.1) is 21.8 Å². The molecule has 0 aliphatic carbocycles. The first-order chi connectivity index (χ1) is 19.4. The van der Waals surface area contributed by atoms with Crippen molar-refractivity contribution in [2.45, 2.75) is 33.4 Å². The zero-order chi connectivity index (χ0) is 28.2. The van der Waals surface area contributed by atoms with Crippen molar-refractivity contribution in [1.82, 2.24) is 9.47 Å². The molecule has 0 N–H and O–H groups in total. The summed E-state index contributed by atoms with van der Waals surface area (Å²) in [4.78, 5) is 34.8. The zero-order valence-electron chi connectivity index (χ0n) is 22.6. The van der Waals surface area contributed by atoms with E-state index in [-0.39, 0.29) is 11.5 Å². The summed E-state index contributed by atoms with van der Waals surface area (Å²) in [6.45, 7) is 7.26. The lowest BCUT2D eigenvalue weighted by Crippen LogP contribution is -2.43. The number of carbonyl (C=O) groups is 1. The second-order valence-corrected chi connectivity index (χ2v) is 10.9. The monoisotopic (exact) mass is 571 g/mol. The molecule has 5 rings (SSSR count). The maximum absolute atomic E-state index is 14.0. The van der Waals surface area contributed by atoms with Gasteiger partial charge in [-0.2, -0.15) is 0 Å². The molecule has 0 spiro atoms. The summed E-state index contributed by atoms with van der Waals surface area (Å²) >= 11 is 7.50. The third kappa shape index (κ3) is 5.53. The second kappa shape index (κ2) is 12.1. The Bertz CT molecular complexity index is 1740. The van der Waals surface area contributed by atoms with E-state index in [0.29, 0.717) is 51.1 Å². The van der Waals surface area contributed by atoms with Crippen molar-refractivity contribution in [2.75, 3.05) is 13.1 Å². The number of benzene rings is 3. The van der Waals surface area contributed by atoms with Gasteiger partial charge in [-0.3, -0.25) is 14.2 Å². The van der Waals surface area contributed by atoms with Gasteiger partial charge < -0.3 is 9.64 Å². The van der Waals surface area contributed by atoms with Crippen LogP contribution < -0.4 is 19.6 Å². The largest absolute Gasteiger partial charge is 0.488 e. The minimum absolute atomic E-state index is 0.125. The van der Waals surface area contributed by atoms with Crippen LogP contribution in [0.2, 0.25) is 5.02 Å². The molecule has 3 aromatic carbocycles. The third-order valence-electron chi connectivity index (χ3n) is 6.93. The predicted octanol–water partition coefficient (Wildman–Crippen LogP) is 5.34. The molecule has 0 bridgehead atoms. The molecule has 1 amide bonds. The number of para-hydroxylation sites is 1. The van der Waals surface area contributed by atoms with Crippen LogP contribution in [0.25, 0.3) is 6.08 Å².